The van der Waals surface area contributed by atoms with Crippen molar-refractivity contribution in [1.82, 2.24) is 0 Å². The molecule has 1 aliphatic carbocycles. The third-order valence-corrected chi connectivity index (χ3v) is 12.6. The van der Waals surface area contributed by atoms with Gasteiger partial charge < -0.3 is 4.42 Å². The summed E-state index contributed by atoms with van der Waals surface area (Å²) in [6, 6.07) is 67.3. The number of para-hydroxylation sites is 1. The highest BCUT2D eigenvalue weighted by Crippen LogP contribution is 2.53. The first-order valence-corrected chi connectivity index (χ1v) is 19.6. The van der Waals surface area contributed by atoms with E-state index in [4.69, 9.17) is 4.42 Å². The van der Waals surface area contributed by atoms with Crippen LogP contribution in [0.2, 0.25) is 0 Å². The van der Waals surface area contributed by atoms with Gasteiger partial charge in [-0.05, 0) is 136 Å². The third-order valence-electron chi connectivity index (χ3n) is 12.6. The van der Waals surface area contributed by atoms with Gasteiger partial charge in [-0.1, -0.05) is 153 Å². The molecule has 0 N–H and O–H groups in total. The van der Waals surface area contributed by atoms with Gasteiger partial charge in [0.15, 0.2) is 0 Å². The fraction of sp³-hybridized carbons (Fsp3) is 0.0545. The second kappa shape index (κ2) is 11.5. The topological polar surface area (TPSA) is 13.1 Å². The van der Waals surface area contributed by atoms with Crippen molar-refractivity contribution in [2.45, 2.75) is 19.3 Å². The summed E-state index contributed by atoms with van der Waals surface area (Å²) in [6.45, 7) is 4.74. The van der Waals surface area contributed by atoms with Crippen molar-refractivity contribution in [1.29, 1.82) is 0 Å². The van der Waals surface area contributed by atoms with Gasteiger partial charge in [0.05, 0.1) is 0 Å². The Kier molecular flexibility index (Phi) is 6.46. The van der Waals surface area contributed by atoms with Gasteiger partial charge in [-0.3, -0.25) is 0 Å². The highest BCUT2D eigenvalue weighted by molar-refractivity contribution is 6.22. The van der Waals surface area contributed by atoms with Crippen molar-refractivity contribution in [2.24, 2.45) is 0 Å². The van der Waals surface area contributed by atoms with Crippen LogP contribution in [0.5, 0.6) is 0 Å². The lowest BCUT2D eigenvalue weighted by atomic mass is 9.81. The molecule has 0 radical (unpaired) electrons. The predicted molar refractivity (Wildman–Crippen MR) is 238 cm³/mol. The van der Waals surface area contributed by atoms with Gasteiger partial charge in [0.2, 0.25) is 0 Å². The summed E-state index contributed by atoms with van der Waals surface area (Å²) in [4.78, 5) is 0. The summed E-state index contributed by atoms with van der Waals surface area (Å²) >= 11 is 0. The van der Waals surface area contributed by atoms with Crippen molar-refractivity contribution in [3.8, 4) is 44.5 Å². The van der Waals surface area contributed by atoms with Crippen LogP contribution in [0.4, 0.5) is 0 Å². The second-order valence-corrected chi connectivity index (χ2v) is 16.0. The fourth-order valence-corrected chi connectivity index (χ4v) is 9.87. The maximum Gasteiger partial charge on any atom is 0.143 e. The van der Waals surface area contributed by atoms with Crippen molar-refractivity contribution in [2.75, 3.05) is 0 Å². The van der Waals surface area contributed by atoms with Crippen LogP contribution in [0.15, 0.2) is 186 Å². The molecule has 0 amide bonds. The largest absolute Gasteiger partial charge is 0.455 e. The highest BCUT2D eigenvalue weighted by Gasteiger charge is 2.36. The maximum absolute atomic E-state index is 6.51. The summed E-state index contributed by atoms with van der Waals surface area (Å²) in [5.74, 6) is 0. The molecular weight excluding hydrogens is 677 g/mol. The minimum atomic E-state index is -0.155. The van der Waals surface area contributed by atoms with Crippen molar-refractivity contribution in [3.05, 3.63) is 193 Å². The average molecular weight is 713 g/mol. The maximum atomic E-state index is 6.51. The predicted octanol–water partition coefficient (Wildman–Crippen LogP) is 15.5. The molecular formula is C55H36O. The van der Waals surface area contributed by atoms with Gasteiger partial charge in [0.25, 0.3) is 0 Å². The minimum Gasteiger partial charge on any atom is -0.455 e. The Bertz CT molecular complexity index is 3380. The van der Waals surface area contributed by atoms with Crippen LogP contribution < -0.4 is 0 Å². The molecule has 0 saturated carbocycles. The van der Waals surface area contributed by atoms with Crippen LogP contribution in [0.25, 0.3) is 110 Å². The van der Waals surface area contributed by atoms with Gasteiger partial charge >= 0.3 is 0 Å². The lowest BCUT2D eigenvalue weighted by molar-refractivity contribution is 0.660. The molecule has 10 aromatic carbocycles. The average Bonchev–Trinajstić information content (AvgIpc) is 3.73. The molecule has 0 bridgehead atoms. The molecule has 262 valence electrons. The summed E-state index contributed by atoms with van der Waals surface area (Å²) in [6.07, 6.45) is 0. The molecule has 0 saturated heterocycles. The number of rotatable bonds is 3. The van der Waals surface area contributed by atoms with E-state index in [0.717, 1.165) is 11.2 Å². The zero-order valence-corrected chi connectivity index (χ0v) is 31.2. The van der Waals surface area contributed by atoms with Gasteiger partial charge in [-0.2, -0.15) is 0 Å². The Morgan fingerprint density at radius 2 is 0.875 bits per heavy atom. The Labute approximate surface area is 325 Å². The first-order valence-electron chi connectivity index (χ1n) is 19.6. The van der Waals surface area contributed by atoms with Crippen LogP contribution in [0.1, 0.15) is 25.0 Å². The number of benzene rings is 10. The van der Waals surface area contributed by atoms with E-state index in [9.17, 15) is 0 Å². The Morgan fingerprint density at radius 3 is 1.57 bits per heavy atom. The van der Waals surface area contributed by atoms with Crippen molar-refractivity contribution >= 4 is 65.0 Å². The van der Waals surface area contributed by atoms with Crippen LogP contribution in [-0.2, 0) is 5.41 Å². The minimum absolute atomic E-state index is 0.155. The summed E-state index contributed by atoms with van der Waals surface area (Å²) in [5, 5.41) is 12.3. The Balaban J connectivity index is 1.04. The zero-order chi connectivity index (χ0) is 37.1. The number of hydrogen-bond donors (Lipinski definition) is 0. The molecule has 56 heavy (non-hydrogen) atoms. The van der Waals surface area contributed by atoms with E-state index in [1.807, 2.05) is 6.07 Å². The smallest absolute Gasteiger partial charge is 0.143 e. The summed E-state index contributed by atoms with van der Waals surface area (Å²) in [5.41, 5.74) is 14.6. The molecule has 11 aromatic rings. The first-order chi connectivity index (χ1) is 27.5. The SMILES string of the molecule is CC1(C)c2ccc(-c3c4ccccc4c(-c4ccc5cc(-c6ccccc6)ccc5c4)c4ccccc34)cc2-c2cc3ccc4c5ccccc5oc4c3cc21. The van der Waals surface area contributed by atoms with Crippen molar-refractivity contribution < 1.29 is 4.42 Å². The number of hydrogen-bond acceptors (Lipinski definition) is 1. The van der Waals surface area contributed by atoms with Crippen LogP contribution in [0, 0.1) is 0 Å². The third kappa shape index (κ3) is 4.43. The second-order valence-electron chi connectivity index (χ2n) is 16.0. The Morgan fingerprint density at radius 1 is 0.339 bits per heavy atom. The Hall–Kier alpha value is -6.96. The van der Waals surface area contributed by atoms with Gasteiger partial charge in [0, 0.05) is 21.6 Å². The molecule has 1 nitrogen and oxygen atoms in total. The number of furan rings is 1. The van der Waals surface area contributed by atoms with E-state index in [-0.39, 0.29) is 5.41 Å². The molecule has 1 aromatic heterocycles. The van der Waals surface area contributed by atoms with Gasteiger partial charge in [-0.25, -0.2) is 0 Å². The first kappa shape index (κ1) is 31.4. The normalized spacial score (nSPS) is 13.3. The molecule has 0 aliphatic heterocycles. The fourth-order valence-electron chi connectivity index (χ4n) is 9.87. The number of fused-ring (bicyclic) bond motifs is 11. The highest BCUT2D eigenvalue weighted by atomic mass is 16.3. The zero-order valence-electron chi connectivity index (χ0n) is 31.2. The van der Waals surface area contributed by atoms with Crippen LogP contribution >= 0.6 is 0 Å². The van der Waals surface area contributed by atoms with E-state index in [0.29, 0.717) is 0 Å². The molecule has 1 heteroatoms. The molecule has 12 rings (SSSR count). The quantitative estimate of drug-likeness (QED) is 0.166. The van der Waals surface area contributed by atoms with E-state index in [1.54, 1.807) is 0 Å². The van der Waals surface area contributed by atoms with E-state index >= 15 is 0 Å². The summed E-state index contributed by atoms with van der Waals surface area (Å²) in [7, 11) is 0. The van der Waals surface area contributed by atoms with E-state index in [1.165, 1.54) is 109 Å². The van der Waals surface area contributed by atoms with E-state index < -0.39 is 0 Å². The molecule has 0 fully saturated rings. The standard InChI is InChI=1S/C55H36O/c1-55(2)49-27-25-39(31-47(49)48-30-37-24-26-45-40-14-10-11-19-51(40)56-54(45)46(37)32-50(48)55)53-43-17-8-6-15-41(43)52(42-16-7-9-18-44(42)53)38-23-22-35-28-34(20-21-36(35)29-38)33-12-4-3-5-13-33/h3-32H,1-2H3. The van der Waals surface area contributed by atoms with Crippen molar-refractivity contribution in [3.63, 3.8) is 0 Å². The molecule has 0 atom stereocenters. The summed E-state index contributed by atoms with van der Waals surface area (Å²) < 4.78 is 6.51. The van der Waals surface area contributed by atoms with Gasteiger partial charge in [-0.15, -0.1) is 0 Å². The monoisotopic (exact) mass is 712 g/mol. The molecule has 0 spiro atoms. The molecule has 1 aliphatic rings. The molecule has 0 unspecified atom stereocenters. The van der Waals surface area contributed by atoms with E-state index in [2.05, 4.69) is 190 Å². The lowest BCUT2D eigenvalue weighted by Crippen LogP contribution is -2.14. The van der Waals surface area contributed by atoms with Gasteiger partial charge in [0.1, 0.15) is 11.2 Å². The molecule has 1 heterocycles. The van der Waals surface area contributed by atoms with Crippen LogP contribution in [-0.4, -0.2) is 0 Å². The lowest BCUT2D eigenvalue weighted by Gasteiger charge is -2.22. The van der Waals surface area contributed by atoms with Crippen LogP contribution in [0.3, 0.4) is 0 Å².